The largest absolute Gasteiger partial charge is 0.337 e. The third-order valence-corrected chi connectivity index (χ3v) is 4.65. The first-order valence-corrected chi connectivity index (χ1v) is 7.54. The van der Waals surface area contributed by atoms with Crippen LogP contribution in [0.1, 0.15) is 39.0 Å². The predicted octanol–water partition coefficient (Wildman–Crippen LogP) is 3.05. The van der Waals surface area contributed by atoms with Crippen LogP contribution in [0, 0.1) is 5.92 Å². The molecule has 1 aromatic heterocycles. The maximum atomic E-state index is 6.19. The Morgan fingerprint density at radius 3 is 2.83 bits per heavy atom. The van der Waals surface area contributed by atoms with Gasteiger partial charge in [-0.05, 0) is 44.6 Å². The van der Waals surface area contributed by atoms with Crippen molar-refractivity contribution in [3.8, 4) is 0 Å². The molecule has 0 bridgehead atoms. The van der Waals surface area contributed by atoms with E-state index in [4.69, 9.17) is 11.6 Å². The zero-order chi connectivity index (χ0) is 12.8. The number of aromatic nitrogens is 2. The summed E-state index contributed by atoms with van der Waals surface area (Å²) in [6.07, 6.45) is 11.9. The molecule has 3 nitrogen and oxygen atoms in total. The Hall–Kier alpha value is -0.540. The van der Waals surface area contributed by atoms with Crippen LogP contribution in [0.15, 0.2) is 18.7 Å². The number of nitrogens with zero attached hydrogens (tertiary/aromatic N) is 2. The van der Waals surface area contributed by atoms with Gasteiger partial charge in [0.05, 0.1) is 6.33 Å². The van der Waals surface area contributed by atoms with Gasteiger partial charge in [-0.15, -0.1) is 11.6 Å². The van der Waals surface area contributed by atoms with Gasteiger partial charge in [0.25, 0.3) is 0 Å². The SMILES string of the molecule is CC1CCC(CCl)(NCCCn2ccnc2)CC1. The van der Waals surface area contributed by atoms with E-state index >= 15 is 0 Å². The third-order valence-electron chi connectivity index (χ3n) is 4.14. The summed E-state index contributed by atoms with van der Waals surface area (Å²) >= 11 is 6.19. The molecule has 0 saturated heterocycles. The number of imidazole rings is 1. The van der Waals surface area contributed by atoms with Gasteiger partial charge in [-0.25, -0.2) is 4.98 Å². The van der Waals surface area contributed by atoms with E-state index in [1.807, 2.05) is 18.7 Å². The monoisotopic (exact) mass is 269 g/mol. The molecule has 1 aliphatic rings. The van der Waals surface area contributed by atoms with Crippen LogP contribution in [-0.4, -0.2) is 27.5 Å². The number of alkyl halides is 1. The Balaban J connectivity index is 1.70. The smallest absolute Gasteiger partial charge is 0.0945 e. The van der Waals surface area contributed by atoms with Gasteiger partial charge in [0.1, 0.15) is 0 Å². The van der Waals surface area contributed by atoms with Crippen molar-refractivity contribution in [2.24, 2.45) is 5.92 Å². The standard InChI is InChI=1S/C14H24ClN3/c1-13-3-5-14(11-15,6-4-13)17-7-2-9-18-10-8-16-12-18/h8,10,12-13,17H,2-7,9,11H2,1H3. The van der Waals surface area contributed by atoms with Crippen molar-refractivity contribution in [2.45, 2.75) is 51.1 Å². The van der Waals surface area contributed by atoms with E-state index < -0.39 is 0 Å². The van der Waals surface area contributed by atoms with Gasteiger partial charge < -0.3 is 9.88 Å². The minimum absolute atomic E-state index is 0.197. The maximum Gasteiger partial charge on any atom is 0.0945 e. The first kappa shape index (κ1) is 13.9. The average Bonchev–Trinajstić information content (AvgIpc) is 2.90. The van der Waals surface area contributed by atoms with Crippen molar-refractivity contribution in [2.75, 3.05) is 12.4 Å². The summed E-state index contributed by atoms with van der Waals surface area (Å²) in [4.78, 5) is 4.05. The normalized spacial score (nSPS) is 28.4. The number of hydrogen-bond donors (Lipinski definition) is 1. The van der Waals surface area contributed by atoms with Crippen LogP contribution in [0.3, 0.4) is 0 Å². The fourth-order valence-electron chi connectivity index (χ4n) is 2.71. The molecule has 0 atom stereocenters. The van der Waals surface area contributed by atoms with Gasteiger partial charge >= 0.3 is 0 Å². The van der Waals surface area contributed by atoms with E-state index in [1.54, 1.807) is 0 Å². The van der Waals surface area contributed by atoms with Gasteiger partial charge in [0.2, 0.25) is 0 Å². The lowest BCUT2D eigenvalue weighted by Gasteiger charge is -2.39. The van der Waals surface area contributed by atoms with Crippen molar-refractivity contribution < 1.29 is 0 Å². The first-order valence-electron chi connectivity index (χ1n) is 7.01. The van der Waals surface area contributed by atoms with Crippen molar-refractivity contribution in [1.82, 2.24) is 14.9 Å². The average molecular weight is 270 g/mol. The van der Waals surface area contributed by atoms with Crippen LogP contribution in [0.25, 0.3) is 0 Å². The first-order chi connectivity index (χ1) is 8.74. The van der Waals surface area contributed by atoms with E-state index in [1.165, 1.54) is 25.7 Å². The summed E-state index contributed by atoms with van der Waals surface area (Å²) < 4.78 is 2.12. The molecule has 0 aromatic carbocycles. The highest BCUT2D eigenvalue weighted by Crippen LogP contribution is 2.32. The summed E-state index contributed by atoms with van der Waals surface area (Å²) in [6, 6.07) is 0. The third kappa shape index (κ3) is 3.72. The molecule has 4 heteroatoms. The highest BCUT2D eigenvalue weighted by molar-refractivity contribution is 6.18. The van der Waals surface area contributed by atoms with Crippen LogP contribution in [0.2, 0.25) is 0 Å². The minimum atomic E-state index is 0.197. The quantitative estimate of drug-likeness (QED) is 0.635. The van der Waals surface area contributed by atoms with Crippen LogP contribution in [0.5, 0.6) is 0 Å². The lowest BCUT2D eigenvalue weighted by Crippen LogP contribution is -2.49. The summed E-state index contributed by atoms with van der Waals surface area (Å²) in [5, 5.41) is 3.70. The summed E-state index contributed by atoms with van der Waals surface area (Å²) in [7, 11) is 0. The van der Waals surface area contributed by atoms with E-state index in [0.29, 0.717) is 0 Å². The molecule has 0 amide bonds. The van der Waals surface area contributed by atoms with Crippen molar-refractivity contribution in [1.29, 1.82) is 0 Å². The van der Waals surface area contributed by atoms with Crippen molar-refractivity contribution in [3.05, 3.63) is 18.7 Å². The van der Waals surface area contributed by atoms with Gasteiger partial charge in [-0.3, -0.25) is 0 Å². The van der Waals surface area contributed by atoms with Crippen molar-refractivity contribution >= 4 is 11.6 Å². The number of aryl methyl sites for hydroxylation is 1. The predicted molar refractivity (Wildman–Crippen MR) is 75.9 cm³/mol. The molecule has 1 aromatic rings. The van der Waals surface area contributed by atoms with E-state index in [9.17, 15) is 0 Å². The second-order valence-corrected chi connectivity index (χ2v) is 5.94. The zero-order valence-electron chi connectivity index (χ0n) is 11.2. The molecule has 0 aliphatic heterocycles. The highest BCUT2D eigenvalue weighted by Gasteiger charge is 2.32. The zero-order valence-corrected chi connectivity index (χ0v) is 12.0. The molecular formula is C14H24ClN3. The van der Waals surface area contributed by atoms with E-state index in [2.05, 4.69) is 21.8 Å². The van der Waals surface area contributed by atoms with Gasteiger partial charge in [-0.2, -0.15) is 0 Å². The number of halogens is 1. The molecule has 18 heavy (non-hydrogen) atoms. The Kier molecular flexibility index (Phi) is 5.07. The van der Waals surface area contributed by atoms with Crippen LogP contribution in [-0.2, 0) is 6.54 Å². The molecule has 1 heterocycles. The Morgan fingerprint density at radius 1 is 1.44 bits per heavy atom. The van der Waals surface area contributed by atoms with E-state index in [0.717, 1.165) is 31.3 Å². The van der Waals surface area contributed by atoms with Crippen LogP contribution < -0.4 is 5.32 Å². The fourth-order valence-corrected chi connectivity index (χ4v) is 3.07. The second kappa shape index (κ2) is 6.58. The Bertz CT molecular complexity index is 329. The Morgan fingerprint density at radius 2 is 2.22 bits per heavy atom. The number of nitrogens with one attached hydrogen (secondary N) is 1. The topological polar surface area (TPSA) is 29.9 Å². The van der Waals surface area contributed by atoms with Crippen LogP contribution >= 0.6 is 11.6 Å². The lowest BCUT2D eigenvalue weighted by atomic mass is 9.78. The Labute approximate surface area is 115 Å². The molecule has 102 valence electrons. The summed E-state index contributed by atoms with van der Waals surface area (Å²) in [5.41, 5.74) is 0.197. The molecule has 1 aliphatic carbocycles. The second-order valence-electron chi connectivity index (χ2n) is 5.68. The minimum Gasteiger partial charge on any atom is -0.337 e. The molecule has 1 saturated carbocycles. The summed E-state index contributed by atoms with van der Waals surface area (Å²) in [6.45, 7) is 4.41. The number of rotatable bonds is 6. The fraction of sp³-hybridized carbons (Fsp3) is 0.786. The molecule has 2 rings (SSSR count). The highest BCUT2D eigenvalue weighted by atomic mass is 35.5. The number of hydrogen-bond acceptors (Lipinski definition) is 2. The molecule has 1 fully saturated rings. The van der Waals surface area contributed by atoms with Crippen LogP contribution in [0.4, 0.5) is 0 Å². The summed E-state index contributed by atoms with van der Waals surface area (Å²) in [5.74, 6) is 1.61. The van der Waals surface area contributed by atoms with Gasteiger partial charge in [0, 0.05) is 30.4 Å². The molecule has 1 N–H and O–H groups in total. The molecule has 0 unspecified atom stereocenters. The lowest BCUT2D eigenvalue weighted by molar-refractivity contribution is 0.216. The molecule has 0 spiro atoms. The van der Waals surface area contributed by atoms with E-state index in [-0.39, 0.29) is 5.54 Å². The van der Waals surface area contributed by atoms with Gasteiger partial charge in [-0.1, -0.05) is 6.92 Å². The molecule has 0 radical (unpaired) electrons. The molecular weight excluding hydrogens is 246 g/mol. The van der Waals surface area contributed by atoms with Crippen molar-refractivity contribution in [3.63, 3.8) is 0 Å². The maximum absolute atomic E-state index is 6.19. The van der Waals surface area contributed by atoms with Gasteiger partial charge in [0.15, 0.2) is 0 Å².